The monoisotopic (exact) mass is 446 g/mol. The lowest BCUT2D eigenvalue weighted by Gasteiger charge is -2.05. The average molecular weight is 447 g/mol. The summed E-state index contributed by atoms with van der Waals surface area (Å²) in [6.07, 6.45) is 1.51. The van der Waals surface area contributed by atoms with Gasteiger partial charge in [0.15, 0.2) is 6.61 Å². The molecule has 0 spiro atoms. The SMILES string of the molecule is CCOC(=O)c1sc(NC(=O)COC(=O)CCCc2nc3ccccc3s2)cc1C. The molecule has 1 amide bonds. The molecule has 3 aromatic rings. The van der Waals surface area contributed by atoms with Gasteiger partial charge in [-0.25, -0.2) is 9.78 Å². The van der Waals surface area contributed by atoms with Crippen LogP contribution in [0.2, 0.25) is 0 Å². The van der Waals surface area contributed by atoms with E-state index in [2.05, 4.69) is 10.3 Å². The van der Waals surface area contributed by atoms with Crippen LogP contribution in [0.25, 0.3) is 10.2 Å². The highest BCUT2D eigenvalue weighted by atomic mass is 32.1. The maximum atomic E-state index is 12.0. The van der Waals surface area contributed by atoms with Crippen LogP contribution in [-0.4, -0.2) is 36.0 Å². The fourth-order valence-corrected chi connectivity index (χ4v) is 4.74. The summed E-state index contributed by atoms with van der Waals surface area (Å²) in [5.41, 5.74) is 1.69. The maximum absolute atomic E-state index is 12.0. The molecule has 0 saturated heterocycles. The third kappa shape index (κ3) is 5.87. The fourth-order valence-electron chi connectivity index (χ4n) is 2.75. The minimum absolute atomic E-state index is 0.217. The van der Waals surface area contributed by atoms with E-state index in [0.717, 1.165) is 32.1 Å². The van der Waals surface area contributed by atoms with Gasteiger partial charge in [0.1, 0.15) is 4.88 Å². The molecule has 0 aliphatic carbocycles. The lowest BCUT2D eigenvalue weighted by Crippen LogP contribution is -2.20. The van der Waals surface area contributed by atoms with Crippen molar-refractivity contribution in [3.05, 3.63) is 45.8 Å². The molecule has 0 bridgehead atoms. The molecule has 0 unspecified atom stereocenters. The molecular weight excluding hydrogens is 424 g/mol. The zero-order chi connectivity index (χ0) is 21.5. The van der Waals surface area contributed by atoms with Gasteiger partial charge < -0.3 is 14.8 Å². The highest BCUT2D eigenvalue weighted by molar-refractivity contribution is 7.18. The number of benzene rings is 1. The van der Waals surface area contributed by atoms with Gasteiger partial charge in [-0.2, -0.15) is 0 Å². The summed E-state index contributed by atoms with van der Waals surface area (Å²) in [6, 6.07) is 9.60. The number of ether oxygens (including phenoxy) is 2. The van der Waals surface area contributed by atoms with Crippen LogP contribution < -0.4 is 5.32 Å². The second-order valence-electron chi connectivity index (χ2n) is 6.48. The first-order valence-corrected chi connectivity index (χ1v) is 11.2. The summed E-state index contributed by atoms with van der Waals surface area (Å²) in [7, 11) is 0. The Kier molecular flexibility index (Phi) is 7.53. The summed E-state index contributed by atoms with van der Waals surface area (Å²) < 4.78 is 11.1. The summed E-state index contributed by atoms with van der Waals surface area (Å²) in [5, 5.41) is 4.12. The predicted octanol–water partition coefficient (Wildman–Crippen LogP) is 4.35. The number of hydrogen-bond acceptors (Lipinski definition) is 8. The molecule has 0 saturated carbocycles. The van der Waals surface area contributed by atoms with Crippen molar-refractivity contribution in [2.45, 2.75) is 33.1 Å². The van der Waals surface area contributed by atoms with Crippen molar-refractivity contribution in [3.8, 4) is 0 Å². The van der Waals surface area contributed by atoms with E-state index in [1.807, 2.05) is 24.3 Å². The molecule has 158 valence electrons. The maximum Gasteiger partial charge on any atom is 0.348 e. The van der Waals surface area contributed by atoms with Crippen molar-refractivity contribution in [1.82, 2.24) is 4.98 Å². The lowest BCUT2D eigenvalue weighted by molar-refractivity contribution is -0.147. The number of thiophene rings is 1. The Morgan fingerprint density at radius 2 is 1.93 bits per heavy atom. The highest BCUT2D eigenvalue weighted by Crippen LogP contribution is 2.27. The number of nitrogens with zero attached hydrogens (tertiary/aromatic N) is 1. The minimum Gasteiger partial charge on any atom is -0.462 e. The van der Waals surface area contributed by atoms with Crippen molar-refractivity contribution in [1.29, 1.82) is 0 Å². The molecular formula is C21H22N2O5S2. The van der Waals surface area contributed by atoms with Crippen molar-refractivity contribution in [2.24, 2.45) is 0 Å². The molecule has 0 radical (unpaired) electrons. The number of thiazole rings is 1. The number of rotatable bonds is 9. The number of carbonyl (C=O) groups excluding carboxylic acids is 3. The van der Waals surface area contributed by atoms with E-state index in [1.54, 1.807) is 31.3 Å². The number of anilines is 1. The van der Waals surface area contributed by atoms with Crippen LogP contribution in [0.4, 0.5) is 5.00 Å². The molecule has 30 heavy (non-hydrogen) atoms. The van der Waals surface area contributed by atoms with Crippen molar-refractivity contribution >= 4 is 55.7 Å². The van der Waals surface area contributed by atoms with Crippen molar-refractivity contribution < 1.29 is 23.9 Å². The molecule has 0 atom stereocenters. The third-order valence-corrected chi connectivity index (χ3v) is 6.34. The molecule has 2 heterocycles. The smallest absolute Gasteiger partial charge is 0.348 e. The summed E-state index contributed by atoms with van der Waals surface area (Å²) in [4.78, 5) is 40.7. The van der Waals surface area contributed by atoms with E-state index in [4.69, 9.17) is 9.47 Å². The number of fused-ring (bicyclic) bond motifs is 1. The van der Waals surface area contributed by atoms with Crippen LogP contribution in [0, 0.1) is 6.92 Å². The summed E-state index contributed by atoms with van der Waals surface area (Å²) in [6.45, 7) is 3.42. The lowest BCUT2D eigenvalue weighted by atomic mass is 10.2. The fraction of sp³-hybridized carbons (Fsp3) is 0.333. The molecule has 3 rings (SSSR count). The van der Waals surface area contributed by atoms with Crippen LogP contribution >= 0.6 is 22.7 Å². The van der Waals surface area contributed by atoms with Gasteiger partial charge in [-0.05, 0) is 50.5 Å². The van der Waals surface area contributed by atoms with Crippen LogP contribution in [0.5, 0.6) is 0 Å². The van der Waals surface area contributed by atoms with Gasteiger partial charge in [0.05, 0.1) is 26.8 Å². The molecule has 1 aromatic carbocycles. The first-order valence-electron chi connectivity index (χ1n) is 9.53. The first-order chi connectivity index (χ1) is 14.5. The number of para-hydroxylation sites is 1. The van der Waals surface area contributed by atoms with Gasteiger partial charge in [-0.1, -0.05) is 12.1 Å². The van der Waals surface area contributed by atoms with Crippen LogP contribution in [0.3, 0.4) is 0 Å². The second kappa shape index (κ2) is 10.3. The minimum atomic E-state index is -0.453. The van der Waals surface area contributed by atoms with Crippen LogP contribution in [0.1, 0.15) is 40.0 Å². The highest BCUT2D eigenvalue weighted by Gasteiger charge is 2.16. The summed E-state index contributed by atoms with van der Waals surface area (Å²) >= 11 is 2.75. The standard InChI is InChI=1S/C21H22N2O5S2/c1-3-27-21(26)20-13(2)11-18(30-20)23-16(24)12-28-19(25)10-6-9-17-22-14-7-4-5-8-15(14)29-17/h4-5,7-8,11H,3,6,9-10,12H2,1-2H3,(H,23,24). The van der Waals surface area contributed by atoms with Gasteiger partial charge in [0, 0.05) is 6.42 Å². The zero-order valence-electron chi connectivity index (χ0n) is 16.7. The average Bonchev–Trinajstić information content (AvgIpc) is 3.29. The Morgan fingerprint density at radius 3 is 2.70 bits per heavy atom. The number of amides is 1. The van der Waals surface area contributed by atoms with Crippen molar-refractivity contribution in [3.63, 3.8) is 0 Å². The first kappa shape index (κ1) is 21.9. The molecule has 0 aliphatic rings. The number of esters is 2. The molecule has 1 N–H and O–H groups in total. The largest absolute Gasteiger partial charge is 0.462 e. The summed E-state index contributed by atoms with van der Waals surface area (Å²) in [5.74, 6) is -1.30. The number of carbonyl (C=O) groups is 3. The van der Waals surface area contributed by atoms with Gasteiger partial charge in [-0.15, -0.1) is 22.7 Å². The number of aromatic nitrogens is 1. The number of aryl methyl sites for hydroxylation is 2. The Morgan fingerprint density at radius 1 is 1.13 bits per heavy atom. The molecule has 9 heteroatoms. The van der Waals surface area contributed by atoms with Crippen LogP contribution in [0.15, 0.2) is 30.3 Å². The Balaban J connectivity index is 1.39. The Hall–Kier alpha value is -2.78. The van der Waals surface area contributed by atoms with Crippen LogP contribution in [-0.2, 0) is 25.5 Å². The van der Waals surface area contributed by atoms with Gasteiger partial charge >= 0.3 is 11.9 Å². The normalized spacial score (nSPS) is 10.7. The zero-order valence-corrected chi connectivity index (χ0v) is 18.4. The third-order valence-electron chi connectivity index (χ3n) is 4.12. The van der Waals surface area contributed by atoms with E-state index in [-0.39, 0.29) is 19.6 Å². The second-order valence-corrected chi connectivity index (χ2v) is 8.65. The quantitative estimate of drug-likeness (QED) is 0.491. The Bertz CT molecular complexity index is 1020. The van der Waals surface area contributed by atoms with E-state index >= 15 is 0 Å². The topological polar surface area (TPSA) is 94.6 Å². The van der Waals surface area contributed by atoms with E-state index < -0.39 is 17.8 Å². The van der Waals surface area contributed by atoms with E-state index in [9.17, 15) is 14.4 Å². The number of nitrogens with one attached hydrogen (secondary N) is 1. The number of hydrogen-bond donors (Lipinski definition) is 1. The van der Waals surface area contributed by atoms with Gasteiger partial charge in [0.25, 0.3) is 5.91 Å². The molecule has 2 aromatic heterocycles. The van der Waals surface area contributed by atoms with Crippen molar-refractivity contribution in [2.75, 3.05) is 18.5 Å². The van der Waals surface area contributed by atoms with Gasteiger partial charge in [-0.3, -0.25) is 9.59 Å². The molecule has 0 fully saturated rings. The van der Waals surface area contributed by atoms with E-state index in [0.29, 0.717) is 22.7 Å². The van der Waals surface area contributed by atoms with E-state index in [1.165, 1.54) is 0 Å². The molecule has 0 aliphatic heterocycles. The van der Waals surface area contributed by atoms with Gasteiger partial charge in [0.2, 0.25) is 0 Å². The Labute approximate surface area is 182 Å². The predicted molar refractivity (Wildman–Crippen MR) is 117 cm³/mol. The molecule has 7 nitrogen and oxygen atoms in total.